The van der Waals surface area contributed by atoms with Crippen LogP contribution in [0, 0.1) is 6.92 Å². The van der Waals surface area contributed by atoms with E-state index in [1.54, 1.807) is 13.2 Å². The van der Waals surface area contributed by atoms with Gasteiger partial charge in [-0.25, -0.2) is 4.98 Å². The molecule has 0 amide bonds. The van der Waals surface area contributed by atoms with Crippen molar-refractivity contribution in [1.82, 2.24) is 14.9 Å². The SMILES string of the molecule is C=C/C(=C\C=C/C)c1nc(-c2ccccc2)n(CCCC)c1C.CC.CC.CNCC(/C=C(\C)Cl)=C/C(Cl)=C/OC. The number of hydrogen-bond acceptors (Lipinski definition) is 3. The van der Waals surface area contributed by atoms with E-state index < -0.39 is 0 Å². The molecule has 0 spiro atoms. The summed E-state index contributed by atoms with van der Waals surface area (Å²) in [6.07, 6.45) is 15.4. The molecule has 2 aromatic rings. The number of methoxy groups -OCH3 is 1. The zero-order valence-electron chi connectivity index (χ0n) is 27.0. The smallest absolute Gasteiger partial charge is 0.140 e. The summed E-state index contributed by atoms with van der Waals surface area (Å²) >= 11 is 11.6. The number of likely N-dealkylation sites (N-methyl/N-ethyl adjacent to an activating group) is 1. The van der Waals surface area contributed by atoms with E-state index in [2.05, 4.69) is 60.7 Å². The van der Waals surface area contributed by atoms with Crippen LogP contribution in [-0.2, 0) is 11.3 Å². The standard InChI is InChI=1S/C21H26N2.C10H15Cl2NO.2C2H6/c1-5-8-13-18(7-3)20-17(4)23(16-9-6-2)21(22-20)19-14-11-10-12-15-19;1-8(11)4-9(6-13-2)5-10(12)7-14-3;2*1-2/h5,7-8,10-15H,3,6,9,16H2,1-2,4H3;4-5,7,13H,6H2,1-3H3;2*1-2H3/b8-5-,18-13+;8-4+,9-5+,10-7-;;. The van der Waals surface area contributed by atoms with E-state index in [-0.39, 0.29) is 0 Å². The van der Waals surface area contributed by atoms with E-state index in [0.29, 0.717) is 16.6 Å². The van der Waals surface area contributed by atoms with Gasteiger partial charge < -0.3 is 14.6 Å². The van der Waals surface area contributed by atoms with Gasteiger partial charge in [-0.15, -0.1) is 0 Å². The minimum atomic E-state index is 0.534. The predicted octanol–water partition coefficient (Wildman–Crippen LogP) is 10.9. The second-order valence-corrected chi connectivity index (χ2v) is 9.34. The Labute approximate surface area is 261 Å². The third kappa shape index (κ3) is 16.3. The molecule has 0 saturated carbocycles. The van der Waals surface area contributed by atoms with Crippen molar-refractivity contribution in [2.75, 3.05) is 20.7 Å². The van der Waals surface area contributed by atoms with Crippen LogP contribution < -0.4 is 5.32 Å². The van der Waals surface area contributed by atoms with Crippen LogP contribution in [-0.4, -0.2) is 30.3 Å². The van der Waals surface area contributed by atoms with Gasteiger partial charge in [0.2, 0.25) is 0 Å². The molecule has 0 aliphatic heterocycles. The van der Waals surface area contributed by atoms with Crippen molar-refractivity contribution >= 4 is 28.8 Å². The first-order valence-corrected chi connectivity index (χ1v) is 15.2. The molecule has 0 atom stereocenters. The number of allylic oxidation sites excluding steroid dienone is 8. The van der Waals surface area contributed by atoms with Crippen LogP contribution in [0.5, 0.6) is 0 Å². The van der Waals surface area contributed by atoms with Gasteiger partial charge in [0.15, 0.2) is 0 Å². The van der Waals surface area contributed by atoms with Gasteiger partial charge in [-0.2, -0.15) is 0 Å². The zero-order valence-corrected chi connectivity index (χ0v) is 28.5. The lowest BCUT2D eigenvalue weighted by Gasteiger charge is -2.09. The monoisotopic (exact) mass is 601 g/mol. The summed E-state index contributed by atoms with van der Waals surface area (Å²) in [6, 6.07) is 10.4. The largest absolute Gasteiger partial charge is 0.503 e. The van der Waals surface area contributed by atoms with Crippen LogP contribution in [0.25, 0.3) is 17.0 Å². The molecule has 1 heterocycles. The number of rotatable bonds is 12. The van der Waals surface area contributed by atoms with E-state index in [9.17, 15) is 0 Å². The molecule has 2 rings (SSSR count). The van der Waals surface area contributed by atoms with Gasteiger partial charge in [-0.3, -0.25) is 0 Å². The van der Waals surface area contributed by atoms with E-state index in [4.69, 9.17) is 32.9 Å². The summed E-state index contributed by atoms with van der Waals surface area (Å²) < 4.78 is 7.11. The summed E-state index contributed by atoms with van der Waals surface area (Å²) in [5, 5.41) is 4.27. The maximum atomic E-state index is 5.85. The van der Waals surface area contributed by atoms with Gasteiger partial charge in [-0.05, 0) is 52.0 Å². The fourth-order valence-corrected chi connectivity index (χ4v) is 3.94. The van der Waals surface area contributed by atoms with Crippen molar-refractivity contribution in [3.8, 4) is 11.4 Å². The van der Waals surface area contributed by atoms with Crippen LogP contribution in [0.15, 0.2) is 95.3 Å². The Hall–Kier alpha value is -2.79. The quantitative estimate of drug-likeness (QED) is 0.194. The van der Waals surface area contributed by atoms with E-state index in [0.717, 1.165) is 41.2 Å². The summed E-state index contributed by atoms with van der Waals surface area (Å²) in [5.41, 5.74) is 5.44. The molecule has 1 aromatic carbocycles. The molecule has 0 aliphatic carbocycles. The maximum absolute atomic E-state index is 5.85. The van der Waals surface area contributed by atoms with Crippen LogP contribution in [0.3, 0.4) is 0 Å². The van der Waals surface area contributed by atoms with E-state index in [1.165, 1.54) is 18.4 Å². The Balaban J connectivity index is 0. The van der Waals surface area contributed by atoms with Crippen molar-refractivity contribution < 1.29 is 4.74 Å². The fraction of sp³-hybridized carbons (Fsp3) is 0.400. The maximum Gasteiger partial charge on any atom is 0.140 e. The van der Waals surface area contributed by atoms with Crippen molar-refractivity contribution in [2.45, 2.75) is 74.8 Å². The number of ether oxygens (including phenoxy) is 1. The number of benzene rings is 1. The number of aromatic nitrogens is 2. The molecule has 1 N–H and O–H groups in total. The molecule has 0 saturated heterocycles. The van der Waals surface area contributed by atoms with Crippen molar-refractivity contribution in [2.24, 2.45) is 0 Å². The number of nitrogens with one attached hydrogen (secondary N) is 1. The third-order valence-electron chi connectivity index (χ3n) is 5.27. The lowest BCUT2D eigenvalue weighted by Crippen LogP contribution is -2.09. The van der Waals surface area contributed by atoms with Crippen LogP contribution in [0.2, 0.25) is 0 Å². The van der Waals surface area contributed by atoms with Crippen LogP contribution >= 0.6 is 23.2 Å². The molecule has 6 heteroatoms. The highest BCUT2D eigenvalue weighted by atomic mass is 35.5. The van der Waals surface area contributed by atoms with Crippen LogP contribution in [0.1, 0.15) is 72.7 Å². The first-order chi connectivity index (χ1) is 19.8. The average molecular weight is 603 g/mol. The first-order valence-electron chi connectivity index (χ1n) is 14.5. The molecule has 1 aromatic heterocycles. The Morgan fingerprint density at radius 2 is 1.73 bits per heavy atom. The van der Waals surface area contributed by atoms with Gasteiger partial charge in [-0.1, -0.05) is 125 Å². The Morgan fingerprint density at radius 3 is 2.22 bits per heavy atom. The molecular formula is C35H53Cl2N3O. The van der Waals surface area contributed by atoms with Crippen molar-refractivity contribution in [1.29, 1.82) is 0 Å². The molecule has 0 aliphatic rings. The minimum absolute atomic E-state index is 0.534. The van der Waals surface area contributed by atoms with Gasteiger partial charge in [0.1, 0.15) is 12.1 Å². The van der Waals surface area contributed by atoms with Crippen molar-refractivity contribution in [3.63, 3.8) is 0 Å². The highest BCUT2D eigenvalue weighted by Gasteiger charge is 2.16. The Morgan fingerprint density at radius 1 is 1.10 bits per heavy atom. The molecule has 41 heavy (non-hydrogen) atoms. The average Bonchev–Trinajstić information content (AvgIpc) is 3.31. The van der Waals surface area contributed by atoms with Crippen molar-refractivity contribution in [3.05, 3.63) is 107 Å². The Kier molecular flexibility index (Phi) is 25.7. The Bertz CT molecular complexity index is 1120. The summed E-state index contributed by atoms with van der Waals surface area (Å²) in [5.74, 6) is 1.04. The molecule has 4 nitrogen and oxygen atoms in total. The highest BCUT2D eigenvalue weighted by molar-refractivity contribution is 6.31. The summed E-state index contributed by atoms with van der Waals surface area (Å²) in [6.45, 7) is 21.9. The van der Waals surface area contributed by atoms with Gasteiger partial charge in [0.05, 0.1) is 17.8 Å². The third-order valence-corrected chi connectivity index (χ3v) is 5.58. The summed E-state index contributed by atoms with van der Waals surface area (Å²) in [7, 11) is 3.41. The molecule has 0 radical (unpaired) electrons. The number of halogens is 2. The molecule has 228 valence electrons. The van der Waals surface area contributed by atoms with Gasteiger partial charge in [0, 0.05) is 35.0 Å². The van der Waals surface area contributed by atoms with E-state index in [1.807, 2.05) is 79.0 Å². The summed E-state index contributed by atoms with van der Waals surface area (Å²) in [4.78, 5) is 4.95. The minimum Gasteiger partial charge on any atom is -0.503 e. The fourth-order valence-electron chi connectivity index (χ4n) is 3.58. The number of imidazole rings is 1. The van der Waals surface area contributed by atoms with Gasteiger partial charge >= 0.3 is 0 Å². The molecular weight excluding hydrogens is 549 g/mol. The first kappa shape index (κ1) is 40.3. The highest BCUT2D eigenvalue weighted by Crippen LogP contribution is 2.27. The number of hydrogen-bond donors (Lipinski definition) is 1. The zero-order chi connectivity index (χ0) is 31.6. The number of nitrogens with zero attached hydrogens (tertiary/aromatic N) is 2. The topological polar surface area (TPSA) is 39.1 Å². The van der Waals surface area contributed by atoms with Gasteiger partial charge in [0.25, 0.3) is 0 Å². The second-order valence-electron chi connectivity index (χ2n) is 8.31. The predicted molar refractivity (Wildman–Crippen MR) is 186 cm³/mol. The molecule has 0 fully saturated rings. The van der Waals surface area contributed by atoms with E-state index >= 15 is 0 Å². The lowest BCUT2D eigenvalue weighted by molar-refractivity contribution is 0.337. The lowest BCUT2D eigenvalue weighted by atomic mass is 10.1. The second kappa shape index (κ2) is 26.1. The number of unbranched alkanes of at least 4 members (excludes halogenated alkanes) is 1. The normalized spacial score (nSPS) is 12.0. The molecule has 0 bridgehead atoms. The molecule has 0 unspecified atom stereocenters. The van der Waals surface area contributed by atoms with Crippen LogP contribution in [0.4, 0.5) is 0 Å².